The summed E-state index contributed by atoms with van der Waals surface area (Å²) in [6, 6.07) is 13.7. The van der Waals surface area contributed by atoms with E-state index in [9.17, 15) is 0 Å². The lowest BCUT2D eigenvalue weighted by Crippen LogP contribution is -2.02. The Morgan fingerprint density at radius 3 is 2.70 bits per heavy atom. The molecule has 0 bridgehead atoms. The zero-order valence-corrected chi connectivity index (χ0v) is 13.7. The maximum Gasteiger partial charge on any atom is 0.132 e. The first kappa shape index (κ1) is 13.9. The monoisotopic (exact) mass is 368 g/mol. The van der Waals surface area contributed by atoms with Crippen molar-refractivity contribution in [1.82, 2.24) is 9.55 Å². The predicted molar refractivity (Wildman–Crippen MR) is 88.0 cm³/mol. The normalized spacial score (nSPS) is 12.8. The number of fused-ring (bicyclic) bond motifs is 1. The Labute approximate surface area is 135 Å². The van der Waals surface area contributed by atoms with Gasteiger partial charge in [-0.3, -0.25) is 4.57 Å². The van der Waals surface area contributed by atoms with Crippen LogP contribution in [-0.4, -0.2) is 9.55 Å². The van der Waals surface area contributed by atoms with E-state index in [0.717, 1.165) is 27.0 Å². The van der Waals surface area contributed by atoms with Crippen LogP contribution in [0, 0.1) is 0 Å². The van der Waals surface area contributed by atoms with Gasteiger partial charge in [-0.1, -0.05) is 39.7 Å². The Morgan fingerprint density at radius 1 is 1.20 bits per heavy atom. The Kier molecular flexibility index (Phi) is 3.76. The summed E-state index contributed by atoms with van der Waals surface area (Å²) in [4.78, 5) is 4.62. The molecule has 3 aromatic rings. The minimum atomic E-state index is -0.211. The van der Waals surface area contributed by atoms with Crippen molar-refractivity contribution in [3.8, 4) is 5.69 Å². The fraction of sp³-hybridized carbons (Fsp3) is 0.133. The molecule has 0 aliphatic rings. The molecule has 3 rings (SSSR count). The van der Waals surface area contributed by atoms with Gasteiger partial charge in [0.05, 0.1) is 27.1 Å². The van der Waals surface area contributed by atoms with Crippen LogP contribution in [-0.2, 0) is 0 Å². The predicted octanol–water partition coefficient (Wildman–Crippen LogP) is 5.74. The molecule has 0 spiro atoms. The number of hydrogen-bond acceptors (Lipinski definition) is 1. The summed E-state index contributed by atoms with van der Waals surface area (Å²) in [6.45, 7) is 1.91. The number of rotatable bonds is 2. The SMILES string of the molecule is CC(Cl)c1nc2ccccc2n1-c1cc(Br)ccc1Cl. The van der Waals surface area contributed by atoms with E-state index in [-0.39, 0.29) is 5.38 Å². The Bertz CT molecular complexity index is 781. The molecule has 0 amide bonds. The van der Waals surface area contributed by atoms with Crippen molar-refractivity contribution in [1.29, 1.82) is 0 Å². The van der Waals surface area contributed by atoms with Crippen molar-refractivity contribution in [2.45, 2.75) is 12.3 Å². The highest BCUT2D eigenvalue weighted by molar-refractivity contribution is 9.10. The molecule has 2 nitrogen and oxygen atoms in total. The quantitative estimate of drug-likeness (QED) is 0.526. The summed E-state index contributed by atoms with van der Waals surface area (Å²) < 4.78 is 2.97. The van der Waals surface area contributed by atoms with Crippen LogP contribution in [0.15, 0.2) is 46.9 Å². The van der Waals surface area contributed by atoms with Crippen molar-refractivity contribution in [3.05, 3.63) is 57.8 Å². The Balaban J connectivity index is 2.39. The lowest BCUT2D eigenvalue weighted by atomic mass is 10.2. The maximum absolute atomic E-state index is 6.35. The molecule has 0 saturated carbocycles. The van der Waals surface area contributed by atoms with Crippen LogP contribution in [0.2, 0.25) is 5.02 Å². The van der Waals surface area contributed by atoms with E-state index in [1.54, 1.807) is 0 Å². The van der Waals surface area contributed by atoms with Gasteiger partial charge in [0.15, 0.2) is 0 Å². The molecule has 0 aliphatic heterocycles. The van der Waals surface area contributed by atoms with Crippen molar-refractivity contribution >= 4 is 50.2 Å². The lowest BCUT2D eigenvalue weighted by molar-refractivity contribution is 0.882. The van der Waals surface area contributed by atoms with Gasteiger partial charge >= 0.3 is 0 Å². The van der Waals surface area contributed by atoms with E-state index >= 15 is 0 Å². The van der Waals surface area contributed by atoms with Gasteiger partial charge in [0.1, 0.15) is 5.82 Å². The third kappa shape index (κ3) is 2.34. The summed E-state index contributed by atoms with van der Waals surface area (Å²) in [6.07, 6.45) is 0. The molecule has 0 N–H and O–H groups in total. The third-order valence-electron chi connectivity index (χ3n) is 3.09. The van der Waals surface area contributed by atoms with Gasteiger partial charge in [-0.05, 0) is 37.3 Å². The number of para-hydroxylation sites is 2. The summed E-state index contributed by atoms with van der Waals surface area (Å²) in [5.74, 6) is 0.785. The molecule has 1 aromatic heterocycles. The zero-order valence-electron chi connectivity index (χ0n) is 10.6. The number of aromatic nitrogens is 2. The highest BCUT2D eigenvalue weighted by Gasteiger charge is 2.17. The zero-order chi connectivity index (χ0) is 14.3. The van der Waals surface area contributed by atoms with Gasteiger partial charge < -0.3 is 0 Å². The molecular formula is C15H11BrCl2N2. The van der Waals surface area contributed by atoms with E-state index in [1.807, 2.05) is 54.0 Å². The second kappa shape index (κ2) is 5.40. The second-order valence-corrected chi connectivity index (χ2v) is 6.48. The second-order valence-electron chi connectivity index (χ2n) is 4.51. The Hall–Kier alpha value is -1.03. The Morgan fingerprint density at radius 2 is 1.95 bits per heavy atom. The topological polar surface area (TPSA) is 17.8 Å². The molecule has 2 aromatic carbocycles. The van der Waals surface area contributed by atoms with E-state index < -0.39 is 0 Å². The summed E-state index contributed by atoms with van der Waals surface area (Å²) in [7, 11) is 0. The smallest absolute Gasteiger partial charge is 0.132 e. The van der Waals surface area contributed by atoms with Gasteiger partial charge in [0.25, 0.3) is 0 Å². The molecule has 0 fully saturated rings. The highest BCUT2D eigenvalue weighted by atomic mass is 79.9. The van der Waals surface area contributed by atoms with Crippen molar-refractivity contribution < 1.29 is 0 Å². The summed E-state index contributed by atoms with van der Waals surface area (Å²) in [5.41, 5.74) is 2.78. The molecule has 0 saturated heterocycles. The molecule has 1 heterocycles. The molecule has 20 heavy (non-hydrogen) atoms. The van der Waals surface area contributed by atoms with Gasteiger partial charge in [0, 0.05) is 4.47 Å². The molecular weight excluding hydrogens is 359 g/mol. The first-order chi connectivity index (χ1) is 9.58. The number of benzene rings is 2. The molecule has 5 heteroatoms. The molecule has 0 radical (unpaired) electrons. The number of nitrogens with zero attached hydrogens (tertiary/aromatic N) is 2. The van der Waals surface area contributed by atoms with Gasteiger partial charge in [0.2, 0.25) is 0 Å². The summed E-state index contributed by atoms with van der Waals surface area (Å²) in [5, 5.41) is 0.451. The van der Waals surface area contributed by atoms with Crippen LogP contribution in [0.1, 0.15) is 18.1 Å². The molecule has 1 atom stereocenters. The largest absolute Gasteiger partial charge is 0.294 e. The third-order valence-corrected chi connectivity index (χ3v) is 4.10. The summed E-state index contributed by atoms with van der Waals surface area (Å²) >= 11 is 16.1. The fourth-order valence-corrected chi connectivity index (χ4v) is 2.92. The van der Waals surface area contributed by atoms with Crippen LogP contribution in [0.4, 0.5) is 0 Å². The highest BCUT2D eigenvalue weighted by Crippen LogP contribution is 2.32. The van der Waals surface area contributed by atoms with Crippen molar-refractivity contribution in [2.75, 3.05) is 0 Å². The number of hydrogen-bond donors (Lipinski definition) is 0. The van der Waals surface area contributed by atoms with Crippen LogP contribution in [0.5, 0.6) is 0 Å². The van der Waals surface area contributed by atoms with E-state index in [1.165, 1.54) is 0 Å². The lowest BCUT2D eigenvalue weighted by Gasteiger charge is -2.12. The number of alkyl halides is 1. The van der Waals surface area contributed by atoms with Crippen molar-refractivity contribution in [3.63, 3.8) is 0 Å². The molecule has 0 aliphatic carbocycles. The molecule has 1 unspecified atom stereocenters. The van der Waals surface area contributed by atoms with E-state index in [2.05, 4.69) is 20.9 Å². The maximum atomic E-state index is 6.35. The van der Waals surface area contributed by atoms with Crippen molar-refractivity contribution in [2.24, 2.45) is 0 Å². The first-order valence-corrected chi connectivity index (χ1v) is 7.75. The average Bonchev–Trinajstić information content (AvgIpc) is 2.81. The first-order valence-electron chi connectivity index (χ1n) is 6.15. The van der Waals surface area contributed by atoms with Crippen LogP contribution >= 0.6 is 39.1 Å². The average molecular weight is 370 g/mol. The number of imidazole rings is 1. The standard InChI is InChI=1S/C15H11BrCl2N2/c1-9(17)15-19-12-4-2-3-5-13(12)20(15)14-8-10(16)6-7-11(14)18/h2-9H,1H3. The van der Waals surface area contributed by atoms with Gasteiger partial charge in [-0.25, -0.2) is 4.98 Å². The van der Waals surface area contributed by atoms with Gasteiger partial charge in [-0.15, -0.1) is 11.6 Å². The van der Waals surface area contributed by atoms with Gasteiger partial charge in [-0.2, -0.15) is 0 Å². The van der Waals surface area contributed by atoms with E-state index in [0.29, 0.717) is 5.02 Å². The van der Waals surface area contributed by atoms with Crippen LogP contribution in [0.25, 0.3) is 16.7 Å². The van der Waals surface area contributed by atoms with Crippen LogP contribution < -0.4 is 0 Å². The molecule has 102 valence electrons. The minimum Gasteiger partial charge on any atom is -0.294 e. The minimum absolute atomic E-state index is 0.211. The number of halogens is 3. The van der Waals surface area contributed by atoms with Crippen LogP contribution in [0.3, 0.4) is 0 Å². The van der Waals surface area contributed by atoms with E-state index in [4.69, 9.17) is 23.2 Å². The fourth-order valence-electron chi connectivity index (χ4n) is 2.22.